The van der Waals surface area contributed by atoms with Crippen LogP contribution in [0.2, 0.25) is 0 Å². The topological polar surface area (TPSA) is 72.8 Å². The third-order valence-electron chi connectivity index (χ3n) is 7.47. The number of hydrogen-bond acceptors (Lipinski definition) is 4. The second kappa shape index (κ2) is 6.84. The molecule has 2 aliphatic carbocycles. The molecule has 0 aromatic rings. The number of esters is 1. The molecule has 0 radical (unpaired) electrons. The van der Waals surface area contributed by atoms with Crippen LogP contribution in [0.4, 0.5) is 0 Å². The fraction of sp³-hybridized carbons (Fsp3) is 0.714. The molecule has 5 heteroatoms. The zero-order valence-corrected chi connectivity index (χ0v) is 16.2. The van der Waals surface area contributed by atoms with E-state index < -0.39 is 17.7 Å². The molecule has 1 aliphatic heterocycles. The first-order valence-corrected chi connectivity index (χ1v) is 9.61. The molecule has 1 saturated carbocycles. The minimum absolute atomic E-state index is 0.0949. The summed E-state index contributed by atoms with van der Waals surface area (Å²) in [7, 11) is 1.51. The van der Waals surface area contributed by atoms with Gasteiger partial charge in [0, 0.05) is 12.7 Å². The molecular formula is C21H30O5. The minimum atomic E-state index is -0.751. The van der Waals surface area contributed by atoms with Crippen LogP contribution < -0.4 is 0 Å². The van der Waals surface area contributed by atoms with Gasteiger partial charge in [0.05, 0.1) is 5.41 Å². The lowest BCUT2D eigenvalue weighted by molar-refractivity contribution is -0.162. The van der Waals surface area contributed by atoms with Gasteiger partial charge >= 0.3 is 11.9 Å². The van der Waals surface area contributed by atoms with Crippen LogP contribution >= 0.6 is 0 Å². The highest BCUT2D eigenvalue weighted by Gasteiger charge is 2.59. The molecule has 0 spiro atoms. The fourth-order valence-electron chi connectivity index (χ4n) is 5.55. The Kier molecular flexibility index (Phi) is 5.04. The van der Waals surface area contributed by atoms with Crippen LogP contribution in [0, 0.1) is 22.7 Å². The maximum absolute atomic E-state index is 12.4. The molecule has 144 valence electrons. The van der Waals surface area contributed by atoms with Crippen LogP contribution in [0.3, 0.4) is 0 Å². The summed E-state index contributed by atoms with van der Waals surface area (Å²) in [5, 5.41) is 10.2. The normalized spacial score (nSPS) is 39.7. The Morgan fingerprint density at radius 2 is 2.15 bits per heavy atom. The van der Waals surface area contributed by atoms with E-state index in [0.717, 1.165) is 31.3 Å². The quantitative estimate of drug-likeness (QED) is 0.589. The average molecular weight is 362 g/mol. The van der Waals surface area contributed by atoms with Crippen molar-refractivity contribution in [3.8, 4) is 0 Å². The lowest BCUT2D eigenvalue weighted by atomic mass is 9.46. The molecule has 1 heterocycles. The molecule has 1 fully saturated rings. The van der Waals surface area contributed by atoms with Crippen LogP contribution in [0.5, 0.6) is 0 Å². The van der Waals surface area contributed by atoms with E-state index >= 15 is 0 Å². The highest BCUT2D eigenvalue weighted by Crippen LogP contribution is 2.62. The number of rotatable bonds is 5. The number of cyclic esters (lactones) is 1. The van der Waals surface area contributed by atoms with Gasteiger partial charge in [-0.2, -0.15) is 0 Å². The van der Waals surface area contributed by atoms with E-state index in [1.807, 2.05) is 6.92 Å². The summed E-state index contributed by atoms with van der Waals surface area (Å²) >= 11 is 0. The molecule has 26 heavy (non-hydrogen) atoms. The second-order valence-electron chi connectivity index (χ2n) is 8.44. The largest absolute Gasteiger partial charge is 0.481 e. The minimum Gasteiger partial charge on any atom is -0.481 e. The van der Waals surface area contributed by atoms with Crippen molar-refractivity contribution in [1.29, 1.82) is 0 Å². The number of carbonyl (C=O) groups excluding carboxylic acids is 1. The van der Waals surface area contributed by atoms with Gasteiger partial charge < -0.3 is 14.6 Å². The smallest absolute Gasteiger partial charge is 0.336 e. The standard InChI is InChI=1S/C21H30O5/c1-13-8-11-21(19(23)24)14(2)6-5-7-16(21)20(13,3)10-9-15-12-17(25-4)26-18(15)22/h6,12-13,16-17H,5,7-11H2,1-4H3,(H,23,24)/t13-,16+,17+,20-,21-/m1/s1. The highest BCUT2D eigenvalue weighted by molar-refractivity contribution is 5.90. The Bertz CT molecular complexity index is 663. The van der Waals surface area contributed by atoms with Crippen molar-refractivity contribution in [2.24, 2.45) is 22.7 Å². The van der Waals surface area contributed by atoms with Gasteiger partial charge in [0.15, 0.2) is 0 Å². The number of carboxylic acid groups (broad SMARTS) is 1. The van der Waals surface area contributed by atoms with Crippen LogP contribution in [-0.4, -0.2) is 30.4 Å². The molecule has 5 atom stereocenters. The van der Waals surface area contributed by atoms with E-state index in [0.29, 0.717) is 24.3 Å². The lowest BCUT2D eigenvalue weighted by Crippen LogP contribution is -2.54. The molecule has 0 aromatic heterocycles. The van der Waals surface area contributed by atoms with Crippen LogP contribution in [0.1, 0.15) is 59.3 Å². The monoisotopic (exact) mass is 362 g/mol. The Morgan fingerprint density at radius 1 is 1.42 bits per heavy atom. The average Bonchev–Trinajstić information content (AvgIpc) is 2.97. The van der Waals surface area contributed by atoms with Gasteiger partial charge in [-0.1, -0.05) is 25.5 Å². The van der Waals surface area contributed by atoms with E-state index in [4.69, 9.17) is 9.47 Å². The van der Waals surface area contributed by atoms with Crippen molar-refractivity contribution in [2.75, 3.05) is 7.11 Å². The number of ether oxygens (including phenoxy) is 2. The van der Waals surface area contributed by atoms with E-state index in [1.54, 1.807) is 6.08 Å². The van der Waals surface area contributed by atoms with E-state index in [9.17, 15) is 14.7 Å². The summed E-state index contributed by atoms with van der Waals surface area (Å²) < 4.78 is 10.2. The summed E-state index contributed by atoms with van der Waals surface area (Å²) in [4.78, 5) is 24.4. The number of methoxy groups -OCH3 is 1. The zero-order chi connectivity index (χ0) is 19.1. The van der Waals surface area contributed by atoms with E-state index in [2.05, 4.69) is 19.9 Å². The molecule has 0 saturated heterocycles. The summed E-state index contributed by atoms with van der Waals surface area (Å²) in [5.74, 6) is -0.485. The molecule has 3 rings (SSSR count). The molecule has 0 bridgehead atoms. The van der Waals surface area contributed by atoms with Crippen molar-refractivity contribution in [3.05, 3.63) is 23.3 Å². The SMILES string of the molecule is CO[C@@H]1C=C(CC[C@]2(C)[C@H](C)CC[C@@]3(C(=O)O)C(C)=CCC[C@H]32)C(=O)O1. The summed E-state index contributed by atoms with van der Waals surface area (Å²) in [5.41, 5.74) is 0.788. The predicted molar refractivity (Wildman–Crippen MR) is 97.3 cm³/mol. The maximum atomic E-state index is 12.4. The van der Waals surface area contributed by atoms with Crippen LogP contribution in [0.25, 0.3) is 0 Å². The molecule has 0 amide bonds. The third kappa shape index (κ3) is 2.81. The summed E-state index contributed by atoms with van der Waals surface area (Å²) in [6.45, 7) is 6.45. The van der Waals surface area contributed by atoms with Crippen molar-refractivity contribution in [1.82, 2.24) is 0 Å². The molecule has 3 aliphatic rings. The molecule has 0 unspecified atom stereocenters. The third-order valence-corrected chi connectivity index (χ3v) is 7.47. The van der Waals surface area contributed by atoms with Gasteiger partial charge in [-0.25, -0.2) is 4.79 Å². The summed E-state index contributed by atoms with van der Waals surface area (Å²) in [6, 6.07) is 0. The predicted octanol–water partition coefficient (Wildman–Crippen LogP) is 4.09. The molecule has 5 nitrogen and oxygen atoms in total. The van der Waals surface area contributed by atoms with Crippen molar-refractivity contribution in [3.63, 3.8) is 0 Å². The van der Waals surface area contributed by atoms with E-state index in [-0.39, 0.29) is 17.3 Å². The van der Waals surface area contributed by atoms with Crippen molar-refractivity contribution >= 4 is 11.9 Å². The van der Waals surface area contributed by atoms with Crippen LogP contribution in [0.15, 0.2) is 23.3 Å². The van der Waals surface area contributed by atoms with Gasteiger partial charge in [-0.05, 0) is 68.8 Å². The second-order valence-corrected chi connectivity index (χ2v) is 8.44. The molecule has 1 N–H and O–H groups in total. The maximum Gasteiger partial charge on any atom is 0.336 e. The Balaban J connectivity index is 1.88. The summed E-state index contributed by atoms with van der Waals surface area (Å²) in [6.07, 6.45) is 8.10. The fourth-order valence-corrected chi connectivity index (χ4v) is 5.55. The zero-order valence-electron chi connectivity index (χ0n) is 16.2. The molecule has 0 aromatic carbocycles. The Hall–Kier alpha value is -1.62. The first-order valence-electron chi connectivity index (χ1n) is 9.61. The number of aliphatic carboxylic acids is 1. The first kappa shape index (κ1) is 19.2. The lowest BCUT2D eigenvalue weighted by Gasteiger charge is -2.57. The molecular weight excluding hydrogens is 332 g/mol. The van der Waals surface area contributed by atoms with Crippen molar-refractivity contribution < 1.29 is 24.2 Å². The van der Waals surface area contributed by atoms with Gasteiger partial charge in [0.2, 0.25) is 6.29 Å². The van der Waals surface area contributed by atoms with Gasteiger partial charge in [-0.3, -0.25) is 4.79 Å². The number of carboxylic acids is 1. The first-order chi connectivity index (χ1) is 12.3. The van der Waals surface area contributed by atoms with Gasteiger partial charge in [0.1, 0.15) is 0 Å². The van der Waals surface area contributed by atoms with Gasteiger partial charge in [0.25, 0.3) is 0 Å². The van der Waals surface area contributed by atoms with Gasteiger partial charge in [-0.15, -0.1) is 0 Å². The number of allylic oxidation sites excluding steroid dienone is 1. The number of carbonyl (C=O) groups is 2. The van der Waals surface area contributed by atoms with E-state index in [1.165, 1.54) is 7.11 Å². The highest BCUT2D eigenvalue weighted by atomic mass is 16.7. The van der Waals surface area contributed by atoms with Crippen LogP contribution in [-0.2, 0) is 19.1 Å². The number of fused-ring (bicyclic) bond motifs is 1. The van der Waals surface area contributed by atoms with Crippen molar-refractivity contribution in [2.45, 2.75) is 65.6 Å². The number of hydrogen-bond donors (Lipinski definition) is 1. The Morgan fingerprint density at radius 3 is 2.77 bits per heavy atom. The Labute approximate surface area is 155 Å².